The zero-order valence-corrected chi connectivity index (χ0v) is 14.9. The average molecular weight is 383 g/mol. The number of nitrogens with one attached hydrogen (secondary N) is 2. The van der Waals surface area contributed by atoms with Gasteiger partial charge in [-0.3, -0.25) is 4.72 Å². The monoisotopic (exact) mass is 383 g/mol. The molecule has 9 heteroatoms. The Labute approximate surface area is 150 Å². The van der Waals surface area contributed by atoms with E-state index in [1.807, 2.05) is 0 Å². The van der Waals surface area contributed by atoms with Gasteiger partial charge in [-0.2, -0.15) is 0 Å². The third-order valence-corrected chi connectivity index (χ3v) is 5.87. The highest BCUT2D eigenvalue weighted by molar-refractivity contribution is 7.92. The Morgan fingerprint density at radius 3 is 2.50 bits per heavy atom. The summed E-state index contributed by atoms with van der Waals surface area (Å²) in [6.07, 6.45) is 4.27. The van der Waals surface area contributed by atoms with Gasteiger partial charge in [-0.1, -0.05) is 0 Å². The molecule has 0 spiro atoms. The predicted octanol–water partition coefficient (Wildman–Crippen LogP) is 3.14. The molecule has 0 aliphatic heterocycles. The summed E-state index contributed by atoms with van der Waals surface area (Å²) in [5.41, 5.74) is -0.251. The van der Waals surface area contributed by atoms with Crippen molar-refractivity contribution in [2.75, 3.05) is 23.7 Å². The molecule has 1 aliphatic carbocycles. The highest BCUT2D eigenvalue weighted by atomic mass is 32.2. The van der Waals surface area contributed by atoms with E-state index in [-0.39, 0.29) is 16.2 Å². The predicted molar refractivity (Wildman–Crippen MR) is 93.5 cm³/mol. The van der Waals surface area contributed by atoms with Crippen LogP contribution in [0.2, 0.25) is 0 Å². The van der Waals surface area contributed by atoms with Crippen LogP contribution in [-0.4, -0.2) is 32.7 Å². The number of sulfonamides is 1. The van der Waals surface area contributed by atoms with Crippen molar-refractivity contribution in [2.45, 2.75) is 29.8 Å². The fraction of sp³-hybridized carbons (Fsp3) is 0.353. The molecular weight excluding hydrogens is 364 g/mol. The second-order valence-electron chi connectivity index (χ2n) is 6.21. The molecule has 6 nitrogen and oxygen atoms in total. The molecular formula is C17H19F2N3O3S. The van der Waals surface area contributed by atoms with E-state index in [0.29, 0.717) is 12.4 Å². The molecule has 1 aliphatic rings. The van der Waals surface area contributed by atoms with E-state index in [0.717, 1.165) is 37.5 Å². The van der Waals surface area contributed by atoms with Gasteiger partial charge in [0.15, 0.2) is 11.6 Å². The summed E-state index contributed by atoms with van der Waals surface area (Å²) in [4.78, 5) is 4.01. The quantitative estimate of drug-likeness (QED) is 0.768. The first-order chi connectivity index (χ1) is 12.3. The van der Waals surface area contributed by atoms with Gasteiger partial charge in [0.05, 0.1) is 11.3 Å². The van der Waals surface area contributed by atoms with E-state index in [1.54, 1.807) is 13.2 Å². The van der Waals surface area contributed by atoms with Crippen LogP contribution in [0.1, 0.15) is 19.3 Å². The van der Waals surface area contributed by atoms with Gasteiger partial charge in [-0.05, 0) is 43.5 Å². The first-order valence-electron chi connectivity index (χ1n) is 8.07. The number of aromatic nitrogens is 1. The van der Waals surface area contributed by atoms with Crippen molar-refractivity contribution in [2.24, 2.45) is 0 Å². The molecule has 1 aromatic carbocycles. The summed E-state index contributed by atoms with van der Waals surface area (Å²) in [6, 6.07) is 5.70. The summed E-state index contributed by atoms with van der Waals surface area (Å²) in [5.74, 6) is -1.66. The van der Waals surface area contributed by atoms with Crippen molar-refractivity contribution in [3.05, 3.63) is 48.2 Å². The van der Waals surface area contributed by atoms with Crippen LogP contribution >= 0.6 is 0 Å². The smallest absolute Gasteiger partial charge is 0.263 e. The zero-order valence-electron chi connectivity index (χ0n) is 14.1. The summed E-state index contributed by atoms with van der Waals surface area (Å²) in [7, 11) is -2.28. The Kier molecular flexibility index (Phi) is 5.10. The molecule has 1 fully saturated rings. The number of hydrogen-bond acceptors (Lipinski definition) is 5. The number of rotatable bonds is 7. The molecule has 0 amide bonds. The number of ether oxygens (including phenoxy) is 1. The maximum absolute atomic E-state index is 13.2. The van der Waals surface area contributed by atoms with Crippen LogP contribution in [0.5, 0.6) is 0 Å². The van der Waals surface area contributed by atoms with Gasteiger partial charge in [0.1, 0.15) is 10.7 Å². The van der Waals surface area contributed by atoms with Crippen LogP contribution < -0.4 is 10.0 Å². The summed E-state index contributed by atoms with van der Waals surface area (Å²) in [6.45, 7) is 0.593. The zero-order chi connectivity index (χ0) is 18.8. The molecule has 1 saturated carbocycles. The minimum atomic E-state index is -3.96. The van der Waals surface area contributed by atoms with Crippen molar-refractivity contribution in [1.29, 1.82) is 0 Å². The molecule has 1 heterocycles. The number of hydrogen-bond donors (Lipinski definition) is 2. The Morgan fingerprint density at radius 1 is 1.19 bits per heavy atom. The lowest BCUT2D eigenvalue weighted by Crippen LogP contribution is -2.45. The highest BCUT2D eigenvalue weighted by Gasteiger charge is 2.36. The van der Waals surface area contributed by atoms with Gasteiger partial charge in [0.25, 0.3) is 10.0 Å². The standard InChI is InChI=1S/C17H19F2N3O3S/c1-25-17(7-2-8-17)11-21-16-6-4-13(10-20-16)26(23,24)22-12-3-5-14(18)15(19)9-12/h3-6,9-10,22H,2,7-8,11H2,1H3,(H,20,21). The van der Waals surface area contributed by atoms with Crippen LogP contribution in [0.15, 0.2) is 41.4 Å². The maximum Gasteiger partial charge on any atom is 0.263 e. The summed E-state index contributed by atoms with van der Waals surface area (Å²) < 4.78 is 58.5. The van der Waals surface area contributed by atoms with Gasteiger partial charge in [0, 0.05) is 25.9 Å². The van der Waals surface area contributed by atoms with Crippen LogP contribution in [-0.2, 0) is 14.8 Å². The highest BCUT2D eigenvalue weighted by Crippen LogP contribution is 2.35. The Morgan fingerprint density at radius 2 is 1.96 bits per heavy atom. The number of pyridine rings is 1. The van der Waals surface area contributed by atoms with Crippen molar-refractivity contribution in [3.8, 4) is 0 Å². The van der Waals surface area contributed by atoms with Crippen molar-refractivity contribution < 1.29 is 21.9 Å². The maximum atomic E-state index is 13.2. The largest absolute Gasteiger partial charge is 0.376 e. The fourth-order valence-corrected chi connectivity index (χ4v) is 3.69. The lowest BCUT2D eigenvalue weighted by molar-refractivity contribution is -0.0601. The van der Waals surface area contributed by atoms with E-state index >= 15 is 0 Å². The SMILES string of the molecule is COC1(CNc2ccc(S(=O)(=O)Nc3ccc(F)c(F)c3)cn2)CCC1. The minimum absolute atomic E-state index is 0.0712. The molecule has 26 heavy (non-hydrogen) atoms. The van der Waals surface area contributed by atoms with Crippen LogP contribution in [0.4, 0.5) is 20.3 Å². The van der Waals surface area contributed by atoms with Gasteiger partial charge in [0.2, 0.25) is 0 Å². The first-order valence-corrected chi connectivity index (χ1v) is 9.55. The van der Waals surface area contributed by atoms with Crippen molar-refractivity contribution in [3.63, 3.8) is 0 Å². The Bertz CT molecular complexity index is 879. The van der Waals surface area contributed by atoms with E-state index in [1.165, 1.54) is 12.3 Å². The summed E-state index contributed by atoms with van der Waals surface area (Å²) >= 11 is 0. The van der Waals surface area contributed by atoms with Crippen molar-refractivity contribution >= 4 is 21.5 Å². The van der Waals surface area contributed by atoms with Gasteiger partial charge >= 0.3 is 0 Å². The number of anilines is 2. The second-order valence-corrected chi connectivity index (χ2v) is 7.89. The average Bonchev–Trinajstić information content (AvgIpc) is 2.58. The third-order valence-electron chi connectivity index (χ3n) is 4.51. The van der Waals surface area contributed by atoms with E-state index in [4.69, 9.17) is 4.74 Å². The van der Waals surface area contributed by atoms with Gasteiger partial charge < -0.3 is 10.1 Å². The molecule has 140 valence electrons. The third kappa shape index (κ3) is 3.94. The molecule has 0 unspecified atom stereocenters. The molecule has 2 N–H and O–H groups in total. The van der Waals surface area contributed by atoms with E-state index in [9.17, 15) is 17.2 Å². The molecule has 0 saturated heterocycles. The van der Waals surface area contributed by atoms with Crippen LogP contribution in [0.3, 0.4) is 0 Å². The van der Waals surface area contributed by atoms with E-state index < -0.39 is 21.7 Å². The molecule has 0 radical (unpaired) electrons. The van der Waals surface area contributed by atoms with Gasteiger partial charge in [-0.15, -0.1) is 0 Å². The Hall–Kier alpha value is -2.26. The Balaban J connectivity index is 1.67. The number of nitrogens with zero attached hydrogens (tertiary/aromatic N) is 1. The molecule has 0 bridgehead atoms. The molecule has 1 aromatic heterocycles. The first kappa shape index (κ1) is 18.5. The fourth-order valence-electron chi connectivity index (χ4n) is 2.69. The molecule has 3 rings (SSSR count). The number of methoxy groups -OCH3 is 1. The molecule has 0 atom stereocenters. The normalized spacial score (nSPS) is 16.0. The van der Waals surface area contributed by atoms with E-state index in [2.05, 4.69) is 15.0 Å². The lowest BCUT2D eigenvalue weighted by atomic mass is 9.80. The topological polar surface area (TPSA) is 80.3 Å². The number of halogens is 2. The second kappa shape index (κ2) is 7.16. The lowest BCUT2D eigenvalue weighted by Gasteiger charge is -2.40. The summed E-state index contributed by atoms with van der Waals surface area (Å²) in [5, 5.41) is 3.14. The van der Waals surface area contributed by atoms with Crippen molar-refractivity contribution in [1.82, 2.24) is 4.98 Å². The molecule has 2 aromatic rings. The van der Waals surface area contributed by atoms with Crippen LogP contribution in [0, 0.1) is 11.6 Å². The minimum Gasteiger partial charge on any atom is -0.376 e. The van der Waals surface area contributed by atoms with Crippen LogP contribution in [0.25, 0.3) is 0 Å². The van der Waals surface area contributed by atoms with Gasteiger partial charge in [-0.25, -0.2) is 22.2 Å². The number of benzene rings is 1.